The van der Waals surface area contributed by atoms with Gasteiger partial charge >= 0.3 is 5.97 Å². The number of carbonyl (C=O) groups excluding carboxylic acids is 1. The van der Waals surface area contributed by atoms with Crippen LogP contribution >= 0.6 is 28.3 Å². The molecule has 1 aromatic carbocycles. The van der Waals surface area contributed by atoms with Crippen molar-refractivity contribution >= 4 is 51.1 Å². The molecule has 1 aromatic heterocycles. The zero-order valence-electron chi connectivity index (χ0n) is 10.8. The Labute approximate surface area is 129 Å². The number of benzene rings is 1. The van der Waals surface area contributed by atoms with Gasteiger partial charge in [0, 0.05) is 9.86 Å². The highest BCUT2D eigenvalue weighted by atomic mass is 79.9. The molecule has 0 saturated carbocycles. The van der Waals surface area contributed by atoms with E-state index >= 15 is 0 Å². The van der Waals surface area contributed by atoms with Gasteiger partial charge in [0.25, 0.3) is 0 Å². The molecule has 20 heavy (non-hydrogen) atoms. The van der Waals surface area contributed by atoms with Gasteiger partial charge in [-0.05, 0) is 32.0 Å². The van der Waals surface area contributed by atoms with Crippen molar-refractivity contribution in [3.8, 4) is 0 Å². The minimum absolute atomic E-state index is 0. The van der Waals surface area contributed by atoms with E-state index in [9.17, 15) is 9.59 Å². The molecular weight excluding hydrogens is 350 g/mol. The predicted octanol–water partition coefficient (Wildman–Crippen LogP) is 2.14. The Morgan fingerprint density at radius 3 is 2.50 bits per heavy atom. The number of halogens is 2. The first-order valence-corrected chi connectivity index (χ1v) is 6.26. The van der Waals surface area contributed by atoms with Gasteiger partial charge in [-0.1, -0.05) is 15.9 Å². The first kappa shape index (κ1) is 16.5. The molecule has 0 aliphatic heterocycles. The summed E-state index contributed by atoms with van der Waals surface area (Å²) in [5.74, 6) is -1.74. The number of amides is 1. The zero-order valence-corrected chi connectivity index (χ0v) is 13.2. The van der Waals surface area contributed by atoms with Crippen LogP contribution in [0.4, 0.5) is 0 Å². The number of aromatic carboxylic acids is 1. The second kappa shape index (κ2) is 5.41. The second-order valence-electron chi connectivity index (χ2n) is 4.65. The summed E-state index contributed by atoms with van der Waals surface area (Å²) >= 11 is 3.31. The fraction of sp³-hybridized carbons (Fsp3) is 0.250. The third-order valence-electron chi connectivity index (χ3n) is 2.98. The zero-order chi connectivity index (χ0) is 14.4. The van der Waals surface area contributed by atoms with Crippen LogP contribution in [0.2, 0.25) is 0 Å². The van der Waals surface area contributed by atoms with Crippen LogP contribution in [0.3, 0.4) is 0 Å². The first-order chi connectivity index (χ1) is 8.75. The second-order valence-corrected chi connectivity index (χ2v) is 5.57. The largest absolute Gasteiger partial charge is 0.476 e. The molecule has 108 valence electrons. The van der Waals surface area contributed by atoms with E-state index in [-0.39, 0.29) is 18.1 Å². The lowest BCUT2D eigenvalue weighted by atomic mass is 10.1. The van der Waals surface area contributed by atoms with Gasteiger partial charge in [-0.2, -0.15) is 5.10 Å². The minimum atomic E-state index is -1.15. The maximum absolute atomic E-state index is 11.5. The van der Waals surface area contributed by atoms with Crippen LogP contribution < -0.4 is 5.73 Å². The van der Waals surface area contributed by atoms with Crippen molar-refractivity contribution in [1.29, 1.82) is 0 Å². The van der Waals surface area contributed by atoms with Gasteiger partial charge in [0.05, 0.1) is 5.52 Å². The van der Waals surface area contributed by atoms with Gasteiger partial charge < -0.3 is 10.8 Å². The number of hydrogen-bond donors (Lipinski definition) is 2. The van der Waals surface area contributed by atoms with Crippen LogP contribution in [0, 0.1) is 0 Å². The summed E-state index contributed by atoms with van der Waals surface area (Å²) in [6.07, 6.45) is 0. The van der Waals surface area contributed by atoms with Crippen molar-refractivity contribution in [1.82, 2.24) is 9.78 Å². The molecule has 2 aromatic rings. The molecule has 0 aliphatic carbocycles. The number of fused-ring (bicyclic) bond motifs is 1. The summed E-state index contributed by atoms with van der Waals surface area (Å²) < 4.78 is 2.11. The van der Waals surface area contributed by atoms with Crippen molar-refractivity contribution in [2.45, 2.75) is 19.4 Å². The Hall–Kier alpha value is -1.60. The Morgan fingerprint density at radius 2 is 2.00 bits per heavy atom. The van der Waals surface area contributed by atoms with Crippen molar-refractivity contribution < 1.29 is 14.7 Å². The number of rotatable bonds is 3. The maximum atomic E-state index is 11.5. The van der Waals surface area contributed by atoms with Gasteiger partial charge in [-0.15, -0.1) is 12.4 Å². The van der Waals surface area contributed by atoms with Crippen LogP contribution in [-0.2, 0) is 10.3 Å². The standard InChI is InChI=1S/C12H12BrN3O3.ClH/c1-12(2,11(14)19)16-8-5-6(13)3-4-7(8)9(15-16)10(17)18;/h3-5H,1-2H3,(H2,14,19)(H,17,18);1H. The predicted molar refractivity (Wildman–Crippen MR) is 80.2 cm³/mol. The molecule has 8 heteroatoms. The van der Waals surface area contributed by atoms with Crippen LogP contribution in [0.15, 0.2) is 22.7 Å². The number of carboxylic acid groups (broad SMARTS) is 1. The molecule has 0 aliphatic rings. The third-order valence-corrected chi connectivity index (χ3v) is 3.47. The van der Waals surface area contributed by atoms with Crippen LogP contribution in [0.1, 0.15) is 24.3 Å². The van der Waals surface area contributed by atoms with E-state index in [1.807, 2.05) is 0 Å². The lowest BCUT2D eigenvalue weighted by Crippen LogP contribution is -2.41. The number of nitrogens with zero attached hydrogens (tertiary/aromatic N) is 2. The van der Waals surface area contributed by atoms with E-state index in [2.05, 4.69) is 21.0 Å². The van der Waals surface area contributed by atoms with Gasteiger partial charge in [-0.25, -0.2) is 9.48 Å². The molecule has 3 N–H and O–H groups in total. The average molecular weight is 363 g/mol. The van der Waals surface area contributed by atoms with Crippen molar-refractivity contribution in [3.63, 3.8) is 0 Å². The van der Waals surface area contributed by atoms with E-state index in [0.29, 0.717) is 10.9 Å². The normalized spacial score (nSPS) is 11.2. The smallest absolute Gasteiger partial charge is 0.357 e. The highest BCUT2D eigenvalue weighted by Gasteiger charge is 2.32. The highest BCUT2D eigenvalue weighted by molar-refractivity contribution is 9.10. The molecular formula is C12H13BrClN3O3. The molecule has 1 amide bonds. The summed E-state index contributed by atoms with van der Waals surface area (Å²) in [7, 11) is 0. The fourth-order valence-corrected chi connectivity index (χ4v) is 2.13. The summed E-state index contributed by atoms with van der Waals surface area (Å²) in [5, 5.41) is 13.6. The first-order valence-electron chi connectivity index (χ1n) is 5.47. The monoisotopic (exact) mass is 361 g/mol. The molecule has 1 heterocycles. The van der Waals surface area contributed by atoms with Crippen molar-refractivity contribution in [3.05, 3.63) is 28.4 Å². The van der Waals surface area contributed by atoms with Crippen LogP contribution in [0.5, 0.6) is 0 Å². The lowest BCUT2D eigenvalue weighted by Gasteiger charge is -2.22. The Morgan fingerprint density at radius 1 is 1.40 bits per heavy atom. The number of carboxylic acids is 1. The average Bonchev–Trinajstić information content (AvgIpc) is 2.67. The Balaban J connectivity index is 0.00000200. The van der Waals surface area contributed by atoms with Gasteiger partial charge in [0.1, 0.15) is 5.54 Å². The van der Waals surface area contributed by atoms with Gasteiger partial charge in [0.2, 0.25) is 5.91 Å². The van der Waals surface area contributed by atoms with E-state index in [1.165, 1.54) is 4.68 Å². The number of aromatic nitrogens is 2. The van der Waals surface area contributed by atoms with Crippen molar-refractivity contribution in [2.75, 3.05) is 0 Å². The molecule has 0 radical (unpaired) electrons. The molecule has 6 nitrogen and oxygen atoms in total. The molecule has 0 unspecified atom stereocenters. The third kappa shape index (κ3) is 2.51. The van der Waals surface area contributed by atoms with E-state index < -0.39 is 17.4 Å². The summed E-state index contributed by atoms with van der Waals surface area (Å²) in [6.45, 7) is 3.18. The molecule has 0 spiro atoms. The Bertz CT molecular complexity index is 697. The van der Waals surface area contributed by atoms with Gasteiger partial charge in [0.15, 0.2) is 5.69 Å². The highest BCUT2D eigenvalue weighted by Crippen LogP contribution is 2.27. The number of primary amides is 1. The fourth-order valence-electron chi connectivity index (χ4n) is 1.78. The van der Waals surface area contributed by atoms with Crippen molar-refractivity contribution in [2.24, 2.45) is 5.73 Å². The molecule has 2 rings (SSSR count). The van der Waals surface area contributed by atoms with Gasteiger partial charge in [-0.3, -0.25) is 4.79 Å². The molecule has 0 atom stereocenters. The lowest BCUT2D eigenvalue weighted by molar-refractivity contribution is -0.125. The summed E-state index contributed by atoms with van der Waals surface area (Å²) in [6, 6.07) is 5.07. The SMILES string of the molecule is CC(C)(C(N)=O)n1nc(C(=O)O)c2ccc(Br)cc21.Cl. The van der Waals surface area contributed by atoms with E-state index in [0.717, 1.165) is 4.47 Å². The quantitative estimate of drug-likeness (QED) is 0.874. The number of carbonyl (C=O) groups is 2. The minimum Gasteiger partial charge on any atom is -0.476 e. The van der Waals surface area contributed by atoms with E-state index in [1.54, 1.807) is 32.0 Å². The number of nitrogens with two attached hydrogens (primary N) is 1. The van der Waals surface area contributed by atoms with E-state index in [4.69, 9.17) is 10.8 Å². The molecule has 0 fully saturated rings. The summed E-state index contributed by atoms with van der Waals surface area (Å²) in [5.41, 5.74) is 4.68. The topological polar surface area (TPSA) is 98.2 Å². The van der Waals surface area contributed by atoms with Crippen LogP contribution in [0.25, 0.3) is 10.9 Å². The molecule has 0 saturated heterocycles. The maximum Gasteiger partial charge on any atom is 0.357 e. The molecule has 0 bridgehead atoms. The number of hydrogen-bond acceptors (Lipinski definition) is 3. The van der Waals surface area contributed by atoms with Crippen LogP contribution in [-0.4, -0.2) is 26.8 Å². The Kier molecular flexibility index (Phi) is 4.45. The summed E-state index contributed by atoms with van der Waals surface area (Å²) in [4.78, 5) is 22.7.